The van der Waals surface area contributed by atoms with Crippen molar-refractivity contribution in [2.24, 2.45) is 0 Å². The van der Waals surface area contributed by atoms with Gasteiger partial charge in [0.25, 0.3) is 0 Å². The van der Waals surface area contributed by atoms with Crippen molar-refractivity contribution in [3.8, 4) is 0 Å². The van der Waals surface area contributed by atoms with Crippen LogP contribution in [0.4, 0.5) is 0 Å². The Labute approximate surface area is 147 Å². The number of hydrogen-bond acceptors (Lipinski definition) is 3. The molecule has 0 bridgehead atoms. The van der Waals surface area contributed by atoms with Crippen LogP contribution in [-0.2, 0) is 22.3 Å². The lowest BCUT2D eigenvalue weighted by Crippen LogP contribution is -2.05. The summed E-state index contributed by atoms with van der Waals surface area (Å²) in [7, 11) is -1.17. The molecule has 0 amide bonds. The molecule has 3 rings (SSSR count). The summed E-state index contributed by atoms with van der Waals surface area (Å²) in [5, 5.41) is 1.07. The molecule has 0 N–H and O–H groups in total. The molecule has 3 aromatic rings. The van der Waals surface area contributed by atoms with Crippen molar-refractivity contribution < 1.29 is 4.21 Å². The van der Waals surface area contributed by atoms with Gasteiger partial charge in [0.05, 0.1) is 33.9 Å². The number of rotatable bonds is 4. The molecule has 0 radical (unpaired) electrons. The number of nitrogens with zero attached hydrogens (tertiary/aromatic N) is 2. The second-order valence-corrected chi connectivity index (χ2v) is 7.44. The first kappa shape index (κ1) is 16.4. The first-order valence-corrected chi connectivity index (χ1v) is 9.29. The van der Waals surface area contributed by atoms with Gasteiger partial charge >= 0.3 is 0 Å². The summed E-state index contributed by atoms with van der Waals surface area (Å²) in [6, 6.07) is 12.9. The van der Waals surface area contributed by atoms with Gasteiger partial charge in [0, 0.05) is 26.4 Å². The van der Waals surface area contributed by atoms with Gasteiger partial charge in [-0.3, -0.25) is 4.21 Å². The van der Waals surface area contributed by atoms with E-state index in [1.54, 1.807) is 18.2 Å². The van der Waals surface area contributed by atoms with Crippen LogP contribution in [0, 0.1) is 6.92 Å². The molecule has 23 heavy (non-hydrogen) atoms. The molecule has 0 aliphatic rings. The van der Waals surface area contributed by atoms with E-state index in [0.717, 1.165) is 22.4 Å². The Morgan fingerprint density at radius 2 is 1.52 bits per heavy atom. The van der Waals surface area contributed by atoms with Gasteiger partial charge in [-0.25, -0.2) is 9.97 Å². The van der Waals surface area contributed by atoms with Crippen LogP contribution in [0.1, 0.15) is 17.0 Å². The Morgan fingerprint density at radius 1 is 0.913 bits per heavy atom. The Hall–Kier alpha value is -1.49. The molecule has 1 aromatic heterocycles. The lowest BCUT2D eigenvalue weighted by molar-refractivity contribution is 0.681. The molecule has 0 spiro atoms. The second-order valence-electron chi connectivity index (χ2n) is 5.17. The summed E-state index contributed by atoms with van der Waals surface area (Å²) in [5.74, 6) is 0.623. The van der Waals surface area contributed by atoms with Crippen molar-refractivity contribution in [2.75, 3.05) is 0 Å². The van der Waals surface area contributed by atoms with Crippen molar-refractivity contribution >= 4 is 45.0 Å². The third kappa shape index (κ3) is 3.71. The van der Waals surface area contributed by atoms with Crippen molar-refractivity contribution in [2.45, 2.75) is 18.4 Å². The highest BCUT2D eigenvalue weighted by molar-refractivity contribution is 7.83. The highest BCUT2D eigenvalue weighted by Gasteiger charge is 2.13. The number of hydrogen-bond donors (Lipinski definition) is 0. The van der Waals surface area contributed by atoms with Crippen molar-refractivity contribution in [1.82, 2.24) is 9.97 Å². The molecule has 0 saturated heterocycles. The second kappa shape index (κ2) is 6.95. The van der Waals surface area contributed by atoms with Crippen LogP contribution < -0.4 is 0 Å². The first-order chi connectivity index (χ1) is 11.0. The van der Waals surface area contributed by atoms with E-state index in [-0.39, 0.29) is 0 Å². The number of aromatic nitrogens is 2. The van der Waals surface area contributed by atoms with Crippen LogP contribution in [0.5, 0.6) is 0 Å². The number of fused-ring (bicyclic) bond motifs is 1. The maximum absolute atomic E-state index is 12.5. The van der Waals surface area contributed by atoms with Crippen LogP contribution in [-0.4, -0.2) is 14.2 Å². The van der Waals surface area contributed by atoms with E-state index < -0.39 is 10.8 Å². The number of para-hydroxylation sites is 2. The van der Waals surface area contributed by atoms with Crippen LogP contribution in [0.15, 0.2) is 42.5 Å². The van der Waals surface area contributed by atoms with E-state index in [9.17, 15) is 4.21 Å². The fraction of sp³-hybridized carbons (Fsp3) is 0.176. The van der Waals surface area contributed by atoms with Gasteiger partial charge in [-0.2, -0.15) is 0 Å². The van der Waals surface area contributed by atoms with Gasteiger partial charge in [-0.05, 0) is 31.2 Å². The predicted molar refractivity (Wildman–Crippen MR) is 96.3 cm³/mol. The average Bonchev–Trinajstić information content (AvgIpc) is 2.52. The van der Waals surface area contributed by atoms with E-state index in [4.69, 9.17) is 23.2 Å². The summed E-state index contributed by atoms with van der Waals surface area (Å²) in [5.41, 5.74) is 3.89. The van der Waals surface area contributed by atoms with Gasteiger partial charge in [-0.15, -0.1) is 0 Å². The Kier molecular flexibility index (Phi) is 4.95. The third-order valence-corrected chi connectivity index (χ3v) is 5.42. The fourth-order valence-corrected chi connectivity index (χ4v) is 4.30. The molecule has 118 valence electrons. The van der Waals surface area contributed by atoms with E-state index in [1.807, 2.05) is 31.2 Å². The smallest absolute Gasteiger partial charge is 0.0890 e. The molecule has 0 fully saturated rings. The molecular weight excluding hydrogens is 351 g/mol. The van der Waals surface area contributed by atoms with Gasteiger partial charge in [-0.1, -0.05) is 41.4 Å². The standard InChI is InChI=1S/C17H14Cl2N2OS/c1-11-17(21-16-8-3-2-7-15(16)20-11)10-23(22)9-12-13(18)5-4-6-14(12)19/h2-8H,9-10H2,1H3/t23-/m1/s1. The minimum atomic E-state index is -1.17. The lowest BCUT2D eigenvalue weighted by atomic mass is 10.2. The summed E-state index contributed by atoms with van der Waals surface area (Å²) in [4.78, 5) is 9.10. The van der Waals surface area contributed by atoms with Crippen LogP contribution in [0.3, 0.4) is 0 Å². The van der Waals surface area contributed by atoms with Gasteiger partial charge in [0.1, 0.15) is 0 Å². The van der Waals surface area contributed by atoms with E-state index in [0.29, 0.717) is 27.1 Å². The predicted octanol–water partition coefficient (Wildman–Crippen LogP) is 4.69. The zero-order chi connectivity index (χ0) is 16.4. The maximum Gasteiger partial charge on any atom is 0.0890 e. The van der Waals surface area contributed by atoms with Crippen LogP contribution in [0.25, 0.3) is 11.0 Å². The Morgan fingerprint density at radius 3 is 2.17 bits per heavy atom. The molecule has 3 nitrogen and oxygen atoms in total. The summed E-state index contributed by atoms with van der Waals surface area (Å²) < 4.78 is 12.5. The Bertz CT molecular complexity index is 879. The molecule has 0 unspecified atom stereocenters. The molecule has 0 aliphatic carbocycles. The fourth-order valence-electron chi connectivity index (χ4n) is 2.30. The third-order valence-electron chi connectivity index (χ3n) is 3.51. The van der Waals surface area contributed by atoms with E-state index in [1.165, 1.54) is 0 Å². The molecular formula is C17H14Cl2N2OS. The molecule has 6 heteroatoms. The Balaban J connectivity index is 1.84. The number of benzene rings is 2. The minimum absolute atomic E-state index is 0.298. The molecule has 0 aliphatic heterocycles. The molecule has 1 heterocycles. The normalized spacial score (nSPS) is 12.5. The van der Waals surface area contributed by atoms with Crippen molar-refractivity contribution in [3.05, 3.63) is 69.5 Å². The van der Waals surface area contributed by atoms with E-state index in [2.05, 4.69) is 9.97 Å². The van der Waals surface area contributed by atoms with Gasteiger partial charge in [0.15, 0.2) is 0 Å². The van der Waals surface area contributed by atoms with Crippen LogP contribution in [0.2, 0.25) is 10.0 Å². The van der Waals surface area contributed by atoms with Crippen LogP contribution >= 0.6 is 23.2 Å². The summed E-state index contributed by atoms with van der Waals surface area (Å²) >= 11 is 12.3. The van der Waals surface area contributed by atoms with Gasteiger partial charge < -0.3 is 0 Å². The highest BCUT2D eigenvalue weighted by atomic mass is 35.5. The van der Waals surface area contributed by atoms with E-state index >= 15 is 0 Å². The summed E-state index contributed by atoms with van der Waals surface area (Å²) in [6.45, 7) is 1.88. The lowest BCUT2D eigenvalue weighted by Gasteiger charge is -2.09. The van der Waals surface area contributed by atoms with Gasteiger partial charge in [0.2, 0.25) is 0 Å². The first-order valence-electron chi connectivity index (χ1n) is 7.04. The molecule has 0 saturated carbocycles. The largest absolute Gasteiger partial charge is 0.259 e. The average molecular weight is 365 g/mol. The van der Waals surface area contributed by atoms with Crippen molar-refractivity contribution in [3.63, 3.8) is 0 Å². The zero-order valence-electron chi connectivity index (χ0n) is 12.4. The highest BCUT2D eigenvalue weighted by Crippen LogP contribution is 2.26. The maximum atomic E-state index is 12.5. The molecule has 2 aromatic carbocycles. The minimum Gasteiger partial charge on any atom is -0.259 e. The summed E-state index contributed by atoms with van der Waals surface area (Å²) in [6.07, 6.45) is 0. The van der Waals surface area contributed by atoms with Crippen molar-refractivity contribution in [1.29, 1.82) is 0 Å². The SMILES string of the molecule is Cc1nc2ccccc2nc1C[S@](=O)Cc1c(Cl)cccc1Cl. The molecule has 1 atom stereocenters. The zero-order valence-corrected chi connectivity index (χ0v) is 14.8. The number of aryl methyl sites for hydroxylation is 1. The monoisotopic (exact) mass is 364 g/mol. The topological polar surface area (TPSA) is 42.9 Å². The number of halogens is 2. The quantitative estimate of drug-likeness (QED) is 0.673.